The van der Waals surface area contributed by atoms with Gasteiger partial charge in [0.25, 0.3) is 0 Å². The Kier molecular flexibility index (Phi) is 4.91. The number of anilines is 1. The normalized spacial score (nSPS) is 14.3. The monoisotopic (exact) mass is 438 g/mol. The second kappa shape index (κ2) is 7.15. The Bertz CT molecular complexity index is 1070. The van der Waals surface area contributed by atoms with Crippen molar-refractivity contribution in [1.82, 2.24) is 14.8 Å². The number of nitrogens with two attached hydrogens (primary N) is 1. The quantitative estimate of drug-likeness (QED) is 0.514. The summed E-state index contributed by atoms with van der Waals surface area (Å²) in [4.78, 5) is 0. The van der Waals surface area contributed by atoms with Crippen LogP contribution in [0.25, 0.3) is 11.4 Å². The highest BCUT2D eigenvalue weighted by Gasteiger charge is 2.38. The van der Waals surface area contributed by atoms with Gasteiger partial charge in [-0.25, -0.2) is 8.78 Å². The molecule has 0 bridgehead atoms. The number of hydrogen-bond acceptors (Lipinski definition) is 4. The Morgan fingerprint density at radius 2 is 1.76 bits per heavy atom. The molecule has 3 aromatic rings. The van der Waals surface area contributed by atoms with Crippen LogP contribution in [0, 0.1) is 11.6 Å². The molecule has 0 spiro atoms. The summed E-state index contributed by atoms with van der Waals surface area (Å²) >= 11 is 12.1. The number of halogens is 4. The van der Waals surface area contributed by atoms with Crippen LogP contribution < -0.4 is 10.5 Å². The Balaban J connectivity index is 1.78. The maximum Gasteiger partial charge on any atom is 0.192 e. The highest BCUT2D eigenvalue weighted by Crippen LogP contribution is 2.43. The van der Waals surface area contributed by atoms with E-state index in [0.29, 0.717) is 27.9 Å². The molecule has 1 saturated carbocycles. The van der Waals surface area contributed by atoms with Crippen LogP contribution in [0.5, 0.6) is 5.75 Å². The molecule has 1 fully saturated rings. The molecule has 5 nitrogen and oxygen atoms in total. The van der Waals surface area contributed by atoms with Crippen molar-refractivity contribution in [3.63, 3.8) is 0 Å². The first kappa shape index (κ1) is 19.9. The molecule has 152 valence electrons. The summed E-state index contributed by atoms with van der Waals surface area (Å²) in [7, 11) is 0. The maximum absolute atomic E-state index is 14.3. The predicted octanol–water partition coefficient (Wildman–Crippen LogP) is 5.76. The van der Waals surface area contributed by atoms with Crippen LogP contribution in [0.2, 0.25) is 10.0 Å². The molecule has 1 heterocycles. The van der Waals surface area contributed by atoms with Gasteiger partial charge in [-0.1, -0.05) is 23.2 Å². The molecule has 1 aromatic heterocycles. The summed E-state index contributed by atoms with van der Waals surface area (Å²) in [6.07, 6.45) is 1.87. The van der Waals surface area contributed by atoms with Gasteiger partial charge < -0.3 is 15.0 Å². The first-order valence-electron chi connectivity index (χ1n) is 9.01. The zero-order chi connectivity index (χ0) is 20.9. The molecular weight excluding hydrogens is 421 g/mol. The maximum atomic E-state index is 14.3. The molecule has 9 heteroatoms. The highest BCUT2D eigenvalue weighted by molar-refractivity contribution is 6.33. The number of benzene rings is 2. The van der Waals surface area contributed by atoms with Crippen molar-refractivity contribution in [3.05, 3.63) is 57.8 Å². The minimum Gasteiger partial charge on any atom is -0.474 e. The molecule has 2 aromatic carbocycles. The summed E-state index contributed by atoms with van der Waals surface area (Å²) in [6.45, 7) is 3.36. The number of ether oxygens (including phenoxy) is 1. The molecule has 0 amide bonds. The Morgan fingerprint density at radius 1 is 1.10 bits per heavy atom. The SMILES string of the molecule is CC(C)(Oc1c(F)cc(Cl)cc1F)c1nnc(-c2ccc(N)cc2Cl)n1C1CC1. The van der Waals surface area contributed by atoms with Crippen LogP contribution in [0.4, 0.5) is 14.5 Å². The lowest BCUT2D eigenvalue weighted by Gasteiger charge is -2.27. The van der Waals surface area contributed by atoms with Gasteiger partial charge in [-0.2, -0.15) is 0 Å². The lowest BCUT2D eigenvalue weighted by Crippen LogP contribution is -2.30. The van der Waals surface area contributed by atoms with Crippen molar-refractivity contribution in [2.45, 2.75) is 38.3 Å². The van der Waals surface area contributed by atoms with Crippen molar-refractivity contribution in [3.8, 4) is 17.1 Å². The fraction of sp³-hybridized carbons (Fsp3) is 0.300. The molecule has 1 aliphatic rings. The highest BCUT2D eigenvalue weighted by atomic mass is 35.5. The largest absolute Gasteiger partial charge is 0.474 e. The van der Waals surface area contributed by atoms with Gasteiger partial charge in [-0.05, 0) is 57.0 Å². The van der Waals surface area contributed by atoms with Crippen molar-refractivity contribution in [2.24, 2.45) is 0 Å². The number of nitrogens with zero attached hydrogens (tertiary/aromatic N) is 3. The molecule has 0 saturated heterocycles. The van der Waals surface area contributed by atoms with Gasteiger partial charge in [0.15, 0.2) is 34.6 Å². The summed E-state index contributed by atoms with van der Waals surface area (Å²) in [5, 5.41) is 8.99. The molecular formula is C20H18Cl2F2N4O. The molecule has 0 aliphatic heterocycles. The third-order valence-electron chi connectivity index (χ3n) is 4.70. The van der Waals surface area contributed by atoms with Crippen LogP contribution in [0.1, 0.15) is 38.6 Å². The third-order valence-corrected chi connectivity index (χ3v) is 5.23. The first-order valence-corrected chi connectivity index (χ1v) is 9.77. The van der Waals surface area contributed by atoms with E-state index in [1.54, 1.807) is 32.0 Å². The Morgan fingerprint density at radius 3 is 2.34 bits per heavy atom. The lowest BCUT2D eigenvalue weighted by atomic mass is 10.1. The molecule has 4 rings (SSSR count). The van der Waals surface area contributed by atoms with Gasteiger partial charge in [-0.3, -0.25) is 0 Å². The van der Waals surface area contributed by atoms with E-state index < -0.39 is 23.0 Å². The molecule has 1 aliphatic carbocycles. The van der Waals surface area contributed by atoms with E-state index in [2.05, 4.69) is 10.2 Å². The third kappa shape index (κ3) is 3.76. The minimum absolute atomic E-state index is 0.0495. The van der Waals surface area contributed by atoms with E-state index in [1.807, 2.05) is 4.57 Å². The van der Waals surface area contributed by atoms with E-state index >= 15 is 0 Å². The zero-order valence-electron chi connectivity index (χ0n) is 15.7. The zero-order valence-corrected chi connectivity index (χ0v) is 17.2. The second-order valence-corrected chi connectivity index (χ2v) is 8.34. The summed E-state index contributed by atoms with van der Waals surface area (Å²) in [5.74, 6) is -1.29. The van der Waals surface area contributed by atoms with Crippen LogP contribution in [-0.4, -0.2) is 14.8 Å². The topological polar surface area (TPSA) is 66.0 Å². The van der Waals surface area contributed by atoms with Crippen molar-refractivity contribution >= 4 is 28.9 Å². The van der Waals surface area contributed by atoms with E-state index in [0.717, 1.165) is 25.0 Å². The summed E-state index contributed by atoms with van der Waals surface area (Å²) < 4.78 is 36.2. The lowest BCUT2D eigenvalue weighted by molar-refractivity contribution is 0.0825. The summed E-state index contributed by atoms with van der Waals surface area (Å²) in [5.41, 5.74) is 5.82. The van der Waals surface area contributed by atoms with E-state index in [9.17, 15) is 8.78 Å². The number of rotatable bonds is 5. The van der Waals surface area contributed by atoms with Crippen molar-refractivity contribution in [1.29, 1.82) is 0 Å². The van der Waals surface area contributed by atoms with Gasteiger partial charge in [0, 0.05) is 22.3 Å². The fourth-order valence-corrected chi connectivity index (χ4v) is 3.67. The standard InChI is InChI=1S/C20H18Cl2F2N4O/c1-20(2,29-17-15(23)7-10(21)8-16(17)24)19-27-26-18(28(19)12-4-5-12)13-6-3-11(25)9-14(13)22/h3,6-9,12H,4-5,25H2,1-2H3. The van der Waals surface area contributed by atoms with Crippen LogP contribution >= 0.6 is 23.2 Å². The average Bonchev–Trinajstić information content (AvgIpc) is 3.36. The molecule has 2 N–H and O–H groups in total. The van der Waals surface area contributed by atoms with Gasteiger partial charge in [0.2, 0.25) is 0 Å². The Labute approximate surface area is 176 Å². The molecule has 0 radical (unpaired) electrons. The number of nitrogen functional groups attached to an aromatic ring is 1. The van der Waals surface area contributed by atoms with E-state index in [4.69, 9.17) is 33.7 Å². The van der Waals surface area contributed by atoms with Crippen LogP contribution in [0.15, 0.2) is 30.3 Å². The van der Waals surface area contributed by atoms with Gasteiger partial charge in [0.05, 0.1) is 5.02 Å². The summed E-state index contributed by atoms with van der Waals surface area (Å²) in [6, 6.07) is 7.31. The minimum atomic E-state index is -1.18. The molecule has 0 atom stereocenters. The van der Waals surface area contributed by atoms with Gasteiger partial charge >= 0.3 is 0 Å². The van der Waals surface area contributed by atoms with Crippen molar-refractivity contribution in [2.75, 3.05) is 5.73 Å². The van der Waals surface area contributed by atoms with Crippen LogP contribution in [-0.2, 0) is 5.60 Å². The van der Waals surface area contributed by atoms with Gasteiger partial charge in [-0.15, -0.1) is 10.2 Å². The molecule has 0 unspecified atom stereocenters. The van der Waals surface area contributed by atoms with Crippen LogP contribution in [0.3, 0.4) is 0 Å². The van der Waals surface area contributed by atoms with Gasteiger partial charge in [0.1, 0.15) is 0 Å². The second-order valence-electron chi connectivity index (χ2n) is 7.50. The Hall–Kier alpha value is -2.38. The van der Waals surface area contributed by atoms with E-state index in [1.165, 1.54) is 0 Å². The number of hydrogen-bond donors (Lipinski definition) is 1. The van der Waals surface area contributed by atoms with E-state index in [-0.39, 0.29) is 11.1 Å². The smallest absolute Gasteiger partial charge is 0.192 e. The fourth-order valence-electron chi connectivity index (χ4n) is 3.20. The number of aromatic nitrogens is 3. The average molecular weight is 439 g/mol. The molecule has 29 heavy (non-hydrogen) atoms. The first-order chi connectivity index (χ1) is 13.7. The predicted molar refractivity (Wildman–Crippen MR) is 108 cm³/mol. The van der Waals surface area contributed by atoms with Crippen molar-refractivity contribution < 1.29 is 13.5 Å².